The molecule has 1 aliphatic rings. The van der Waals surface area contributed by atoms with E-state index in [0.29, 0.717) is 18.5 Å². The van der Waals surface area contributed by atoms with Gasteiger partial charge in [0.05, 0.1) is 6.54 Å². The predicted octanol–water partition coefficient (Wildman–Crippen LogP) is 0.871. The van der Waals surface area contributed by atoms with Gasteiger partial charge >= 0.3 is 12.0 Å². The van der Waals surface area contributed by atoms with Crippen LogP contribution in [0.5, 0.6) is 0 Å². The highest BCUT2D eigenvalue weighted by atomic mass is 16.5. The molecule has 7 nitrogen and oxygen atoms in total. The van der Waals surface area contributed by atoms with Crippen molar-refractivity contribution in [2.75, 3.05) is 0 Å². The van der Waals surface area contributed by atoms with Crippen molar-refractivity contribution in [1.29, 1.82) is 0 Å². The lowest BCUT2D eigenvalue weighted by Gasteiger charge is -2.25. The summed E-state index contributed by atoms with van der Waals surface area (Å²) in [5, 5.41) is 17.9. The fourth-order valence-corrected chi connectivity index (χ4v) is 2.13. The molecule has 1 aromatic rings. The smallest absolute Gasteiger partial charge is 0.329 e. The van der Waals surface area contributed by atoms with Crippen molar-refractivity contribution in [3.05, 3.63) is 18.0 Å². The lowest BCUT2D eigenvalue weighted by Crippen LogP contribution is -2.55. The van der Waals surface area contributed by atoms with Gasteiger partial charge in [-0.05, 0) is 12.8 Å². The molecule has 1 saturated carbocycles. The molecule has 0 saturated heterocycles. The van der Waals surface area contributed by atoms with E-state index in [2.05, 4.69) is 20.3 Å². The van der Waals surface area contributed by atoms with Crippen molar-refractivity contribution >= 4 is 12.0 Å². The molecule has 1 aliphatic carbocycles. The highest BCUT2D eigenvalue weighted by Crippen LogP contribution is 2.29. The van der Waals surface area contributed by atoms with Crippen LogP contribution >= 0.6 is 0 Å². The molecule has 7 heteroatoms. The van der Waals surface area contributed by atoms with Crippen molar-refractivity contribution in [1.82, 2.24) is 15.8 Å². The third-order valence-electron chi connectivity index (χ3n) is 3.14. The highest BCUT2D eigenvalue weighted by molar-refractivity contribution is 5.86. The number of carbonyl (C=O) groups excluding carboxylic acids is 1. The molecule has 0 atom stereocenters. The Balaban J connectivity index is 1.88. The number of urea groups is 1. The van der Waals surface area contributed by atoms with Crippen LogP contribution in [0.3, 0.4) is 0 Å². The van der Waals surface area contributed by atoms with Gasteiger partial charge in [0.25, 0.3) is 0 Å². The standard InChI is InChI=1S/C11H15N3O4/c15-9(16)11(4-1-2-5-11)13-10(17)12-7-8-3-6-18-14-8/h3,6H,1-2,4-5,7H2,(H,15,16)(H2,12,13,17). The number of carboxylic acids is 1. The first-order chi connectivity index (χ1) is 8.62. The first-order valence-electron chi connectivity index (χ1n) is 5.81. The maximum absolute atomic E-state index is 11.7. The molecular formula is C11H15N3O4. The maximum Gasteiger partial charge on any atom is 0.329 e. The summed E-state index contributed by atoms with van der Waals surface area (Å²) in [7, 11) is 0. The Labute approximate surface area is 104 Å². The molecule has 2 amide bonds. The van der Waals surface area contributed by atoms with Gasteiger partial charge in [-0.3, -0.25) is 0 Å². The Morgan fingerprint density at radius 1 is 1.44 bits per heavy atom. The van der Waals surface area contributed by atoms with Gasteiger partial charge in [-0.25, -0.2) is 9.59 Å². The minimum absolute atomic E-state index is 0.206. The van der Waals surface area contributed by atoms with Gasteiger partial charge in [-0.1, -0.05) is 18.0 Å². The van der Waals surface area contributed by atoms with Gasteiger partial charge in [-0.15, -0.1) is 0 Å². The van der Waals surface area contributed by atoms with Gasteiger partial charge in [0, 0.05) is 6.07 Å². The number of rotatable bonds is 4. The van der Waals surface area contributed by atoms with Gasteiger partial charge in [0.15, 0.2) is 0 Å². The molecule has 1 fully saturated rings. The second-order valence-corrected chi connectivity index (χ2v) is 4.39. The minimum Gasteiger partial charge on any atom is -0.480 e. The molecule has 0 aromatic carbocycles. The normalized spacial score (nSPS) is 17.3. The van der Waals surface area contributed by atoms with E-state index in [9.17, 15) is 14.7 Å². The summed E-state index contributed by atoms with van der Waals surface area (Å²) in [6, 6.07) is 1.13. The van der Waals surface area contributed by atoms with E-state index in [1.165, 1.54) is 6.26 Å². The molecule has 0 spiro atoms. The van der Waals surface area contributed by atoms with E-state index in [1.54, 1.807) is 6.07 Å². The summed E-state index contributed by atoms with van der Waals surface area (Å²) in [5.74, 6) is -0.975. The molecule has 0 bridgehead atoms. The summed E-state index contributed by atoms with van der Waals surface area (Å²) in [6.07, 6.45) is 3.98. The van der Waals surface area contributed by atoms with Crippen molar-refractivity contribution in [3.8, 4) is 0 Å². The molecule has 18 heavy (non-hydrogen) atoms. The third-order valence-corrected chi connectivity index (χ3v) is 3.14. The fraction of sp³-hybridized carbons (Fsp3) is 0.545. The van der Waals surface area contributed by atoms with Crippen LogP contribution in [0.25, 0.3) is 0 Å². The number of nitrogens with one attached hydrogen (secondary N) is 2. The largest absolute Gasteiger partial charge is 0.480 e. The third kappa shape index (κ3) is 2.61. The Bertz CT molecular complexity index is 424. The Hall–Kier alpha value is -2.05. The Morgan fingerprint density at radius 2 is 2.17 bits per heavy atom. The van der Waals surface area contributed by atoms with Crippen LogP contribution in [0.1, 0.15) is 31.4 Å². The topological polar surface area (TPSA) is 104 Å². The maximum atomic E-state index is 11.7. The van der Waals surface area contributed by atoms with Crippen LogP contribution in [-0.4, -0.2) is 27.8 Å². The molecule has 3 N–H and O–H groups in total. The highest BCUT2D eigenvalue weighted by Gasteiger charge is 2.42. The number of amides is 2. The van der Waals surface area contributed by atoms with Crippen LogP contribution in [0.2, 0.25) is 0 Å². The van der Waals surface area contributed by atoms with Crippen molar-refractivity contribution in [3.63, 3.8) is 0 Å². The van der Waals surface area contributed by atoms with Crippen molar-refractivity contribution in [2.24, 2.45) is 0 Å². The molecule has 0 aliphatic heterocycles. The molecule has 0 radical (unpaired) electrons. The second-order valence-electron chi connectivity index (χ2n) is 4.39. The molecule has 2 rings (SSSR count). The van der Waals surface area contributed by atoms with Gasteiger partial charge in [0.1, 0.15) is 17.5 Å². The molecule has 98 valence electrons. The predicted molar refractivity (Wildman–Crippen MR) is 60.7 cm³/mol. The zero-order valence-electron chi connectivity index (χ0n) is 9.81. The summed E-state index contributed by atoms with van der Waals surface area (Å²) >= 11 is 0. The lowest BCUT2D eigenvalue weighted by molar-refractivity contribution is -0.144. The van der Waals surface area contributed by atoms with Gasteiger partial charge in [-0.2, -0.15) is 0 Å². The summed E-state index contributed by atoms with van der Waals surface area (Å²) < 4.78 is 4.62. The minimum atomic E-state index is -1.12. The number of carboxylic acid groups (broad SMARTS) is 1. The first-order valence-corrected chi connectivity index (χ1v) is 5.81. The molecule has 0 unspecified atom stereocenters. The van der Waals surface area contributed by atoms with Crippen molar-refractivity contribution < 1.29 is 19.2 Å². The van der Waals surface area contributed by atoms with Crippen LogP contribution in [-0.2, 0) is 11.3 Å². The average Bonchev–Trinajstić information content (AvgIpc) is 2.97. The lowest BCUT2D eigenvalue weighted by atomic mass is 9.98. The molecular weight excluding hydrogens is 238 g/mol. The zero-order chi connectivity index (χ0) is 13.0. The number of carbonyl (C=O) groups is 2. The molecule has 1 aromatic heterocycles. The van der Waals surface area contributed by atoms with Crippen LogP contribution in [0.4, 0.5) is 4.79 Å². The second kappa shape index (κ2) is 5.07. The van der Waals surface area contributed by atoms with Gasteiger partial charge < -0.3 is 20.3 Å². The number of hydrogen-bond donors (Lipinski definition) is 3. The van der Waals surface area contributed by atoms with E-state index >= 15 is 0 Å². The van der Waals surface area contributed by atoms with Crippen LogP contribution in [0, 0.1) is 0 Å². The van der Waals surface area contributed by atoms with Crippen LogP contribution < -0.4 is 10.6 Å². The zero-order valence-corrected chi connectivity index (χ0v) is 9.81. The fourth-order valence-electron chi connectivity index (χ4n) is 2.13. The van der Waals surface area contributed by atoms with E-state index in [4.69, 9.17) is 0 Å². The van der Waals surface area contributed by atoms with Gasteiger partial charge in [0.2, 0.25) is 0 Å². The number of hydrogen-bond acceptors (Lipinski definition) is 4. The van der Waals surface area contributed by atoms with E-state index in [1.807, 2.05) is 0 Å². The number of nitrogens with zero attached hydrogens (tertiary/aromatic N) is 1. The first kappa shape index (κ1) is 12.4. The quantitative estimate of drug-likeness (QED) is 0.738. The van der Waals surface area contributed by atoms with E-state index < -0.39 is 17.5 Å². The average molecular weight is 253 g/mol. The SMILES string of the molecule is O=C(NCc1ccon1)NC1(C(=O)O)CCCC1. The number of aromatic nitrogens is 1. The summed E-state index contributed by atoms with van der Waals surface area (Å²) in [6.45, 7) is 0.206. The summed E-state index contributed by atoms with van der Waals surface area (Å²) in [4.78, 5) is 22.9. The van der Waals surface area contributed by atoms with Crippen LogP contribution in [0.15, 0.2) is 16.9 Å². The van der Waals surface area contributed by atoms with E-state index in [-0.39, 0.29) is 6.54 Å². The molecule has 1 heterocycles. The Morgan fingerprint density at radius 3 is 2.72 bits per heavy atom. The van der Waals surface area contributed by atoms with E-state index in [0.717, 1.165) is 12.8 Å². The van der Waals surface area contributed by atoms with Crippen molar-refractivity contribution in [2.45, 2.75) is 37.8 Å². The number of aliphatic carboxylic acids is 1. The monoisotopic (exact) mass is 253 g/mol. The summed E-state index contributed by atoms with van der Waals surface area (Å²) in [5.41, 5.74) is -0.533. The Kier molecular flexibility index (Phi) is 3.50.